The summed E-state index contributed by atoms with van der Waals surface area (Å²) in [6.07, 6.45) is 0. The fraction of sp³-hybridized carbons (Fsp3) is 0.250. The first kappa shape index (κ1) is 23.8. The maximum absolute atomic E-state index is 12.7. The van der Waals surface area contributed by atoms with Crippen LogP contribution >= 0.6 is 11.8 Å². The van der Waals surface area contributed by atoms with Crippen molar-refractivity contribution < 1.29 is 4.79 Å². The van der Waals surface area contributed by atoms with E-state index in [2.05, 4.69) is 83.3 Å². The van der Waals surface area contributed by atoms with Gasteiger partial charge in [0.15, 0.2) is 11.0 Å². The second-order valence-corrected chi connectivity index (χ2v) is 9.65. The van der Waals surface area contributed by atoms with Crippen LogP contribution < -0.4 is 5.32 Å². The van der Waals surface area contributed by atoms with Gasteiger partial charge in [0.2, 0.25) is 5.91 Å². The number of nitrogens with one attached hydrogen (secondary N) is 1. The Bertz CT molecular complexity index is 1250. The number of para-hydroxylation sites is 1. The molecule has 1 atom stereocenters. The normalized spacial score (nSPS) is 12.0. The lowest BCUT2D eigenvalue weighted by Crippen LogP contribution is -2.28. The van der Waals surface area contributed by atoms with Gasteiger partial charge in [-0.2, -0.15) is 0 Å². The van der Waals surface area contributed by atoms with Gasteiger partial charge in [-0.15, -0.1) is 10.2 Å². The molecule has 3 aromatic carbocycles. The molecule has 174 valence electrons. The number of aryl methyl sites for hydroxylation is 1. The Morgan fingerprint density at radius 2 is 1.59 bits per heavy atom. The predicted molar refractivity (Wildman–Crippen MR) is 139 cm³/mol. The zero-order valence-electron chi connectivity index (χ0n) is 20.0. The molecule has 1 amide bonds. The van der Waals surface area contributed by atoms with Gasteiger partial charge >= 0.3 is 0 Å². The SMILES string of the molecule is Cc1ccc(-c2nnc(SCC(=O)N[C@@H](C)c3ccccc3)n2-c2ccccc2C(C)C)cc1. The van der Waals surface area contributed by atoms with Crippen LogP contribution in [0.15, 0.2) is 84.0 Å². The van der Waals surface area contributed by atoms with E-state index >= 15 is 0 Å². The molecule has 0 unspecified atom stereocenters. The highest BCUT2D eigenvalue weighted by Gasteiger charge is 2.20. The number of carbonyl (C=O) groups is 1. The molecule has 1 aromatic heterocycles. The number of rotatable bonds is 8. The number of amides is 1. The van der Waals surface area contributed by atoms with Gasteiger partial charge in [0, 0.05) is 5.56 Å². The number of benzene rings is 3. The lowest BCUT2D eigenvalue weighted by atomic mass is 10.0. The van der Waals surface area contributed by atoms with Gasteiger partial charge in [-0.05, 0) is 37.0 Å². The van der Waals surface area contributed by atoms with Crippen molar-refractivity contribution in [3.05, 3.63) is 95.6 Å². The number of carbonyl (C=O) groups excluding carboxylic acids is 1. The summed E-state index contributed by atoms with van der Waals surface area (Å²) >= 11 is 1.40. The van der Waals surface area contributed by atoms with Crippen molar-refractivity contribution in [3.63, 3.8) is 0 Å². The molecule has 0 bridgehead atoms. The van der Waals surface area contributed by atoms with E-state index in [1.807, 2.05) is 43.3 Å². The minimum absolute atomic E-state index is 0.0371. The maximum Gasteiger partial charge on any atom is 0.230 e. The standard InChI is InChI=1S/C28H30N4OS/c1-19(2)24-12-8-9-13-25(24)32-27(23-16-14-20(3)15-17-23)30-31-28(32)34-18-26(33)29-21(4)22-10-6-5-7-11-22/h5-17,19,21H,18H2,1-4H3,(H,29,33)/t21-/m0/s1. The summed E-state index contributed by atoms with van der Waals surface area (Å²) in [5.74, 6) is 1.32. The zero-order valence-corrected chi connectivity index (χ0v) is 20.8. The Labute approximate surface area is 205 Å². The van der Waals surface area contributed by atoms with Crippen LogP contribution in [0.25, 0.3) is 17.1 Å². The molecule has 0 aliphatic rings. The summed E-state index contributed by atoms with van der Waals surface area (Å²) in [6, 6.07) is 26.5. The van der Waals surface area contributed by atoms with Crippen LogP contribution in [0.2, 0.25) is 0 Å². The van der Waals surface area contributed by atoms with Crippen molar-refractivity contribution in [3.8, 4) is 17.1 Å². The van der Waals surface area contributed by atoms with Crippen LogP contribution in [-0.4, -0.2) is 26.4 Å². The third kappa shape index (κ3) is 5.39. The summed E-state index contributed by atoms with van der Waals surface area (Å²) in [5.41, 5.74) is 5.51. The number of hydrogen-bond acceptors (Lipinski definition) is 4. The number of thioether (sulfide) groups is 1. The first-order valence-corrected chi connectivity index (χ1v) is 12.5. The number of aromatic nitrogens is 3. The van der Waals surface area contributed by atoms with Crippen molar-refractivity contribution >= 4 is 17.7 Å². The van der Waals surface area contributed by atoms with Crippen molar-refractivity contribution in [2.24, 2.45) is 0 Å². The Balaban J connectivity index is 1.63. The van der Waals surface area contributed by atoms with Crippen molar-refractivity contribution in [2.75, 3.05) is 5.75 Å². The van der Waals surface area contributed by atoms with E-state index in [4.69, 9.17) is 0 Å². The molecular formula is C28H30N4OS. The fourth-order valence-electron chi connectivity index (χ4n) is 3.89. The molecule has 0 aliphatic heterocycles. The second kappa shape index (κ2) is 10.7. The first-order chi connectivity index (χ1) is 16.4. The smallest absolute Gasteiger partial charge is 0.230 e. The molecular weight excluding hydrogens is 440 g/mol. The average molecular weight is 471 g/mol. The highest BCUT2D eigenvalue weighted by atomic mass is 32.2. The van der Waals surface area contributed by atoms with Crippen molar-refractivity contribution in [1.29, 1.82) is 0 Å². The average Bonchev–Trinajstić information content (AvgIpc) is 3.27. The largest absolute Gasteiger partial charge is 0.349 e. The minimum atomic E-state index is -0.0584. The lowest BCUT2D eigenvalue weighted by molar-refractivity contribution is -0.119. The van der Waals surface area contributed by atoms with E-state index in [0.717, 1.165) is 22.6 Å². The van der Waals surface area contributed by atoms with Gasteiger partial charge in [0.05, 0.1) is 17.5 Å². The number of hydrogen-bond donors (Lipinski definition) is 1. The van der Waals surface area contributed by atoms with Gasteiger partial charge in [0.1, 0.15) is 0 Å². The topological polar surface area (TPSA) is 59.8 Å². The van der Waals surface area contributed by atoms with Gasteiger partial charge < -0.3 is 5.32 Å². The molecule has 0 saturated heterocycles. The van der Waals surface area contributed by atoms with Gasteiger partial charge in [-0.25, -0.2) is 0 Å². The highest BCUT2D eigenvalue weighted by molar-refractivity contribution is 7.99. The molecule has 34 heavy (non-hydrogen) atoms. The monoisotopic (exact) mass is 470 g/mol. The summed E-state index contributed by atoms with van der Waals surface area (Å²) in [4.78, 5) is 12.7. The molecule has 0 radical (unpaired) electrons. The molecule has 0 fully saturated rings. The van der Waals surface area contributed by atoms with Crippen LogP contribution in [-0.2, 0) is 4.79 Å². The summed E-state index contributed by atoms with van der Waals surface area (Å²) in [6.45, 7) is 8.42. The first-order valence-electron chi connectivity index (χ1n) is 11.5. The molecule has 0 spiro atoms. The number of nitrogens with zero attached hydrogens (tertiary/aromatic N) is 3. The van der Waals surface area contributed by atoms with E-state index in [1.165, 1.54) is 22.9 Å². The molecule has 0 aliphatic carbocycles. The van der Waals surface area contributed by atoms with Crippen LogP contribution in [0.1, 0.15) is 49.4 Å². The Kier molecular flexibility index (Phi) is 7.48. The lowest BCUT2D eigenvalue weighted by Gasteiger charge is -2.17. The Morgan fingerprint density at radius 1 is 0.912 bits per heavy atom. The summed E-state index contributed by atoms with van der Waals surface area (Å²) < 4.78 is 2.08. The van der Waals surface area contributed by atoms with Crippen molar-refractivity contribution in [1.82, 2.24) is 20.1 Å². The summed E-state index contributed by atoms with van der Waals surface area (Å²) in [7, 11) is 0. The summed E-state index contributed by atoms with van der Waals surface area (Å²) in [5, 5.41) is 12.8. The minimum Gasteiger partial charge on any atom is -0.349 e. The molecule has 1 heterocycles. The van der Waals surface area contributed by atoms with Gasteiger partial charge in [-0.3, -0.25) is 9.36 Å². The van der Waals surface area contributed by atoms with Crippen LogP contribution in [0.4, 0.5) is 0 Å². The van der Waals surface area contributed by atoms with E-state index in [-0.39, 0.29) is 17.7 Å². The van der Waals surface area contributed by atoms with Crippen LogP contribution in [0, 0.1) is 6.92 Å². The van der Waals surface area contributed by atoms with Gasteiger partial charge in [-0.1, -0.05) is 104 Å². The Morgan fingerprint density at radius 3 is 2.29 bits per heavy atom. The van der Waals surface area contributed by atoms with Crippen molar-refractivity contribution in [2.45, 2.75) is 44.8 Å². The molecule has 4 rings (SSSR count). The van der Waals surface area contributed by atoms with E-state index in [9.17, 15) is 4.79 Å². The van der Waals surface area contributed by atoms with Crippen LogP contribution in [0.3, 0.4) is 0 Å². The van der Waals surface area contributed by atoms with E-state index in [1.54, 1.807) is 0 Å². The molecule has 5 nitrogen and oxygen atoms in total. The molecule has 6 heteroatoms. The van der Waals surface area contributed by atoms with E-state index < -0.39 is 0 Å². The fourth-order valence-corrected chi connectivity index (χ4v) is 4.64. The van der Waals surface area contributed by atoms with Gasteiger partial charge in [0.25, 0.3) is 0 Å². The zero-order chi connectivity index (χ0) is 24.1. The Hall–Kier alpha value is -3.38. The highest BCUT2D eigenvalue weighted by Crippen LogP contribution is 2.32. The second-order valence-electron chi connectivity index (χ2n) is 8.71. The maximum atomic E-state index is 12.7. The molecule has 4 aromatic rings. The van der Waals surface area contributed by atoms with E-state index in [0.29, 0.717) is 11.1 Å². The quantitative estimate of drug-likeness (QED) is 0.306. The molecule has 1 N–H and O–H groups in total. The predicted octanol–water partition coefficient (Wildman–Crippen LogP) is 6.34. The third-order valence-corrected chi connectivity index (χ3v) is 6.68. The third-order valence-electron chi connectivity index (χ3n) is 5.75. The van der Waals surface area contributed by atoms with Crippen LogP contribution in [0.5, 0.6) is 0 Å². The molecule has 0 saturated carbocycles.